The molecule has 0 saturated heterocycles. The third kappa shape index (κ3) is 5.69. The number of alkyl halides is 3. The summed E-state index contributed by atoms with van der Waals surface area (Å²) in [6.45, 7) is 1.95. The number of rotatable bonds is 6. The summed E-state index contributed by atoms with van der Waals surface area (Å²) in [7, 11) is 3.40. The lowest BCUT2D eigenvalue weighted by Gasteiger charge is -2.13. The molecule has 40 heavy (non-hydrogen) atoms. The Morgan fingerprint density at radius 2 is 1.77 bits per heavy atom. The van der Waals surface area contributed by atoms with Crippen LogP contribution in [0.5, 0.6) is 11.5 Å². The van der Waals surface area contributed by atoms with Crippen LogP contribution in [-0.4, -0.2) is 34.6 Å². The monoisotopic (exact) mass is 563 g/mol. The van der Waals surface area contributed by atoms with Gasteiger partial charge in [0.2, 0.25) is 0 Å². The zero-order valence-electron chi connectivity index (χ0n) is 21.7. The largest absolute Gasteiger partial charge is 0.573 e. The van der Waals surface area contributed by atoms with Crippen molar-refractivity contribution in [3.05, 3.63) is 83.9 Å². The Hall–Kier alpha value is -4.64. The summed E-state index contributed by atoms with van der Waals surface area (Å²) in [6.07, 6.45) is -3.07. The van der Waals surface area contributed by atoms with Gasteiger partial charge in [-0.2, -0.15) is 10.2 Å². The Morgan fingerprint density at radius 3 is 2.50 bits per heavy atom. The van der Waals surface area contributed by atoms with Crippen LogP contribution in [0, 0.1) is 6.92 Å². The van der Waals surface area contributed by atoms with Crippen LogP contribution >= 0.6 is 12.2 Å². The lowest BCUT2D eigenvalue weighted by Crippen LogP contribution is -2.24. The number of aryl methyl sites for hydroxylation is 2. The van der Waals surface area contributed by atoms with Crippen LogP contribution in [0.1, 0.15) is 11.1 Å². The molecule has 0 bridgehead atoms. The van der Waals surface area contributed by atoms with E-state index in [-0.39, 0.29) is 5.75 Å². The molecule has 0 aliphatic heterocycles. The third-order valence-corrected chi connectivity index (χ3v) is 6.47. The zero-order chi connectivity index (χ0) is 28.4. The number of benzene rings is 4. The second-order valence-electron chi connectivity index (χ2n) is 8.96. The molecular formula is C29H24F3N5O2S. The molecule has 0 spiro atoms. The van der Waals surface area contributed by atoms with Gasteiger partial charge in [-0.1, -0.05) is 30.3 Å². The molecule has 0 atom stereocenters. The van der Waals surface area contributed by atoms with E-state index in [0.29, 0.717) is 10.9 Å². The number of anilines is 1. The SMILES string of the molecule is COc1cccc(C)c1NC(=S)N/N=C/c1ccc2c(ccc3c(-c4ccc(OC(F)(F)F)cc4)n(C)nc32)c1. The van der Waals surface area contributed by atoms with Crippen molar-refractivity contribution in [1.29, 1.82) is 0 Å². The van der Waals surface area contributed by atoms with E-state index in [2.05, 4.69) is 20.6 Å². The van der Waals surface area contributed by atoms with Crippen LogP contribution in [0.4, 0.5) is 18.9 Å². The Labute approximate surface area is 233 Å². The van der Waals surface area contributed by atoms with E-state index in [9.17, 15) is 13.2 Å². The molecule has 1 aromatic heterocycles. The van der Waals surface area contributed by atoms with Gasteiger partial charge >= 0.3 is 6.36 Å². The number of hydrogen-bond donors (Lipinski definition) is 2. The summed E-state index contributed by atoms with van der Waals surface area (Å²) >= 11 is 5.37. The number of methoxy groups -OCH3 is 1. The highest BCUT2D eigenvalue weighted by atomic mass is 32.1. The molecule has 0 radical (unpaired) electrons. The Morgan fingerprint density at radius 1 is 1.02 bits per heavy atom. The fraction of sp³-hybridized carbons (Fsp3) is 0.138. The number of hydrogen-bond acceptors (Lipinski definition) is 5. The second kappa shape index (κ2) is 10.9. The predicted octanol–water partition coefficient (Wildman–Crippen LogP) is 6.93. The normalized spacial score (nSPS) is 11.8. The van der Waals surface area contributed by atoms with Gasteiger partial charge in [0, 0.05) is 23.4 Å². The maximum absolute atomic E-state index is 12.5. The standard InChI is InChI=1S/C29H24F3N5O2S/c1-17-5-4-6-24(38-3)25(17)34-28(40)35-33-16-18-7-13-22-20(15-18)10-14-23-26(22)36-37(2)27(23)19-8-11-21(12-9-19)39-29(30,31)32/h4-16H,1-3H3,(H2,34,35,40)/b33-16+. The summed E-state index contributed by atoms with van der Waals surface area (Å²) in [5, 5.41) is 15.2. The first-order valence-corrected chi connectivity index (χ1v) is 12.5. The average molecular weight is 564 g/mol. The minimum atomic E-state index is -4.74. The predicted molar refractivity (Wildman–Crippen MR) is 155 cm³/mol. The molecule has 0 unspecified atom stereocenters. The molecule has 0 fully saturated rings. The molecule has 0 aliphatic rings. The average Bonchev–Trinajstić information content (AvgIpc) is 3.25. The van der Waals surface area contributed by atoms with E-state index in [0.717, 1.165) is 49.7 Å². The summed E-state index contributed by atoms with van der Waals surface area (Å²) in [5.41, 5.74) is 7.73. The van der Waals surface area contributed by atoms with Crippen molar-refractivity contribution < 1.29 is 22.6 Å². The minimum Gasteiger partial charge on any atom is -0.495 e. The molecule has 0 saturated carbocycles. The van der Waals surface area contributed by atoms with E-state index in [4.69, 9.17) is 22.1 Å². The fourth-order valence-electron chi connectivity index (χ4n) is 4.52. The molecule has 2 N–H and O–H groups in total. The van der Waals surface area contributed by atoms with Crippen molar-refractivity contribution in [2.45, 2.75) is 13.3 Å². The highest BCUT2D eigenvalue weighted by molar-refractivity contribution is 7.80. The van der Waals surface area contributed by atoms with E-state index >= 15 is 0 Å². The van der Waals surface area contributed by atoms with Crippen molar-refractivity contribution in [3.63, 3.8) is 0 Å². The fourth-order valence-corrected chi connectivity index (χ4v) is 4.67. The zero-order valence-corrected chi connectivity index (χ0v) is 22.5. The Kier molecular flexibility index (Phi) is 7.31. The third-order valence-electron chi connectivity index (χ3n) is 6.28. The van der Waals surface area contributed by atoms with Gasteiger partial charge in [0.25, 0.3) is 0 Å². The van der Waals surface area contributed by atoms with Gasteiger partial charge in [0.15, 0.2) is 5.11 Å². The number of aromatic nitrogens is 2. The number of para-hydroxylation sites is 1. The van der Waals surface area contributed by atoms with Gasteiger partial charge < -0.3 is 14.8 Å². The number of thiocarbonyl (C=S) groups is 1. The van der Waals surface area contributed by atoms with Crippen LogP contribution in [0.25, 0.3) is 32.9 Å². The summed E-state index contributed by atoms with van der Waals surface area (Å²) < 4.78 is 48.7. The number of ether oxygens (including phenoxy) is 2. The lowest BCUT2D eigenvalue weighted by molar-refractivity contribution is -0.274. The number of hydrazone groups is 1. The molecule has 5 rings (SSSR count). The maximum atomic E-state index is 12.5. The Bertz CT molecular complexity index is 1750. The number of nitrogens with zero attached hydrogens (tertiary/aromatic N) is 3. The summed E-state index contributed by atoms with van der Waals surface area (Å²) in [5.74, 6) is 0.405. The van der Waals surface area contributed by atoms with Crippen LogP contribution < -0.4 is 20.2 Å². The number of halogens is 3. The molecule has 7 nitrogen and oxygen atoms in total. The van der Waals surface area contributed by atoms with Crippen molar-refractivity contribution in [1.82, 2.24) is 15.2 Å². The highest BCUT2D eigenvalue weighted by Gasteiger charge is 2.31. The summed E-state index contributed by atoms with van der Waals surface area (Å²) in [6, 6.07) is 21.3. The van der Waals surface area contributed by atoms with Gasteiger partial charge in [-0.25, -0.2) is 0 Å². The number of fused-ring (bicyclic) bond motifs is 3. The van der Waals surface area contributed by atoms with Crippen molar-refractivity contribution in [2.75, 3.05) is 12.4 Å². The molecule has 5 aromatic rings. The van der Waals surface area contributed by atoms with E-state index in [1.165, 1.54) is 12.1 Å². The molecule has 1 heterocycles. The molecule has 11 heteroatoms. The maximum Gasteiger partial charge on any atom is 0.573 e. The van der Waals surface area contributed by atoms with Gasteiger partial charge in [0.1, 0.15) is 17.0 Å². The van der Waals surface area contributed by atoms with Crippen molar-refractivity contribution >= 4 is 50.9 Å². The molecule has 0 aliphatic carbocycles. The second-order valence-corrected chi connectivity index (χ2v) is 9.37. The molecule has 0 amide bonds. The van der Waals surface area contributed by atoms with Crippen molar-refractivity contribution in [3.8, 4) is 22.8 Å². The number of nitrogens with one attached hydrogen (secondary N) is 2. The topological polar surface area (TPSA) is 72.7 Å². The first kappa shape index (κ1) is 26.9. The van der Waals surface area contributed by atoms with Crippen molar-refractivity contribution in [2.24, 2.45) is 12.1 Å². The quantitative estimate of drug-likeness (QED) is 0.133. The van der Waals surface area contributed by atoms with E-state index in [1.54, 1.807) is 37.2 Å². The summed E-state index contributed by atoms with van der Waals surface area (Å²) in [4.78, 5) is 0. The first-order valence-electron chi connectivity index (χ1n) is 12.1. The van der Waals surface area contributed by atoms with E-state index < -0.39 is 6.36 Å². The smallest absolute Gasteiger partial charge is 0.495 e. The van der Waals surface area contributed by atoms with Gasteiger partial charge in [-0.05, 0) is 78.1 Å². The van der Waals surface area contributed by atoms with Gasteiger partial charge in [-0.3, -0.25) is 10.1 Å². The van der Waals surface area contributed by atoms with E-state index in [1.807, 2.05) is 55.5 Å². The molecule has 4 aromatic carbocycles. The molecule has 204 valence electrons. The van der Waals surface area contributed by atoms with Crippen LogP contribution in [0.2, 0.25) is 0 Å². The van der Waals surface area contributed by atoms with Gasteiger partial charge in [-0.15, -0.1) is 13.2 Å². The van der Waals surface area contributed by atoms with Crippen LogP contribution in [-0.2, 0) is 7.05 Å². The van der Waals surface area contributed by atoms with Crippen LogP contribution in [0.15, 0.2) is 77.9 Å². The Balaban J connectivity index is 1.35. The van der Waals surface area contributed by atoms with Crippen LogP contribution in [0.3, 0.4) is 0 Å². The van der Waals surface area contributed by atoms with Gasteiger partial charge in [0.05, 0.1) is 24.7 Å². The lowest BCUT2D eigenvalue weighted by atomic mass is 10.0. The molecular weight excluding hydrogens is 539 g/mol. The minimum absolute atomic E-state index is 0.275. The highest BCUT2D eigenvalue weighted by Crippen LogP contribution is 2.34. The first-order chi connectivity index (χ1) is 19.1.